The minimum Gasteiger partial charge on any atom is -0.399 e. The van der Waals surface area contributed by atoms with Crippen molar-refractivity contribution in [1.82, 2.24) is 5.32 Å². The molecule has 0 aromatic heterocycles. The quantitative estimate of drug-likeness (QED) is 0.830. The Kier molecular flexibility index (Phi) is 4.02. The van der Waals surface area contributed by atoms with Crippen LogP contribution in [0, 0.1) is 0 Å². The number of carbonyl (C=O) groups is 1. The van der Waals surface area contributed by atoms with Crippen molar-refractivity contribution < 1.29 is 13.2 Å². The Morgan fingerprint density at radius 1 is 1.38 bits per heavy atom. The summed E-state index contributed by atoms with van der Waals surface area (Å²) < 4.78 is 22.1. The molecular formula is C15H22N2O3S. The molecule has 0 heterocycles. The summed E-state index contributed by atoms with van der Waals surface area (Å²) in [4.78, 5) is 12.3. The first kappa shape index (κ1) is 15.8. The number of nitrogen functional groups attached to an aromatic ring is 1. The van der Waals surface area contributed by atoms with Gasteiger partial charge in [-0.05, 0) is 56.4 Å². The SMILES string of the molecule is CC(C)(C(=O)NC1CCCc2cc(N)ccc21)S(C)(=O)=O. The summed E-state index contributed by atoms with van der Waals surface area (Å²) in [6.45, 7) is 2.87. The smallest absolute Gasteiger partial charge is 0.241 e. The number of nitrogens with two attached hydrogens (primary N) is 1. The van der Waals surface area contributed by atoms with Crippen molar-refractivity contribution in [2.24, 2.45) is 0 Å². The molecule has 0 spiro atoms. The van der Waals surface area contributed by atoms with Crippen LogP contribution < -0.4 is 11.1 Å². The number of hydrogen-bond acceptors (Lipinski definition) is 4. The van der Waals surface area contributed by atoms with E-state index in [2.05, 4.69) is 5.32 Å². The minimum atomic E-state index is -3.47. The minimum absolute atomic E-state index is 0.150. The summed E-state index contributed by atoms with van der Waals surface area (Å²) in [6.07, 6.45) is 3.77. The number of anilines is 1. The van der Waals surface area contributed by atoms with Crippen molar-refractivity contribution in [3.63, 3.8) is 0 Å². The van der Waals surface area contributed by atoms with Gasteiger partial charge in [0, 0.05) is 11.9 Å². The number of nitrogens with one attached hydrogen (secondary N) is 1. The van der Waals surface area contributed by atoms with Gasteiger partial charge >= 0.3 is 0 Å². The summed E-state index contributed by atoms with van der Waals surface area (Å²) in [6, 6.07) is 5.51. The largest absolute Gasteiger partial charge is 0.399 e. The highest BCUT2D eigenvalue weighted by Crippen LogP contribution is 2.31. The van der Waals surface area contributed by atoms with Gasteiger partial charge in [-0.3, -0.25) is 4.79 Å². The van der Waals surface area contributed by atoms with Gasteiger partial charge in [-0.2, -0.15) is 0 Å². The molecule has 1 aliphatic carbocycles. The summed E-state index contributed by atoms with van der Waals surface area (Å²) >= 11 is 0. The van der Waals surface area contributed by atoms with E-state index in [4.69, 9.17) is 5.73 Å². The topological polar surface area (TPSA) is 89.3 Å². The van der Waals surface area contributed by atoms with Gasteiger partial charge in [0.05, 0.1) is 6.04 Å². The molecule has 1 atom stereocenters. The zero-order valence-electron chi connectivity index (χ0n) is 12.6. The molecule has 1 aromatic carbocycles. The first-order valence-electron chi connectivity index (χ1n) is 7.02. The molecule has 5 nitrogen and oxygen atoms in total. The van der Waals surface area contributed by atoms with Crippen LogP contribution in [0.2, 0.25) is 0 Å². The second-order valence-electron chi connectivity index (χ2n) is 6.16. The van der Waals surface area contributed by atoms with Crippen LogP contribution in [-0.4, -0.2) is 25.3 Å². The molecule has 116 valence electrons. The molecule has 3 N–H and O–H groups in total. The Hall–Kier alpha value is -1.56. The van der Waals surface area contributed by atoms with E-state index in [9.17, 15) is 13.2 Å². The normalized spacial score (nSPS) is 18.9. The third-order valence-electron chi connectivity index (χ3n) is 4.26. The van der Waals surface area contributed by atoms with Gasteiger partial charge in [-0.1, -0.05) is 6.07 Å². The van der Waals surface area contributed by atoms with E-state index in [1.54, 1.807) is 0 Å². The maximum Gasteiger partial charge on any atom is 0.241 e. The third-order valence-corrected chi connectivity index (χ3v) is 6.30. The van der Waals surface area contributed by atoms with Crippen molar-refractivity contribution in [2.75, 3.05) is 12.0 Å². The molecule has 0 radical (unpaired) electrons. The Morgan fingerprint density at radius 2 is 2.05 bits per heavy atom. The van der Waals surface area contributed by atoms with E-state index in [0.717, 1.165) is 36.6 Å². The zero-order chi connectivity index (χ0) is 15.8. The maximum absolute atomic E-state index is 12.3. The van der Waals surface area contributed by atoms with Crippen LogP contribution in [0.3, 0.4) is 0 Å². The zero-order valence-corrected chi connectivity index (χ0v) is 13.5. The summed E-state index contributed by atoms with van der Waals surface area (Å²) in [5.74, 6) is -0.459. The number of carbonyl (C=O) groups excluding carboxylic acids is 1. The average Bonchev–Trinajstić information content (AvgIpc) is 2.37. The number of rotatable bonds is 3. The lowest BCUT2D eigenvalue weighted by molar-refractivity contribution is -0.123. The van der Waals surface area contributed by atoms with Crippen molar-refractivity contribution in [3.8, 4) is 0 Å². The Labute approximate surface area is 125 Å². The highest BCUT2D eigenvalue weighted by atomic mass is 32.2. The lowest BCUT2D eigenvalue weighted by Gasteiger charge is -2.30. The predicted octanol–water partition coefficient (Wildman–Crippen LogP) is 1.59. The van der Waals surface area contributed by atoms with Crippen LogP contribution in [0.1, 0.15) is 43.9 Å². The highest BCUT2D eigenvalue weighted by molar-refractivity contribution is 7.92. The second-order valence-corrected chi connectivity index (χ2v) is 8.72. The van der Waals surface area contributed by atoms with Gasteiger partial charge in [0.15, 0.2) is 9.84 Å². The number of aryl methyl sites for hydroxylation is 1. The van der Waals surface area contributed by atoms with E-state index < -0.39 is 20.5 Å². The van der Waals surface area contributed by atoms with Crippen molar-refractivity contribution in [2.45, 2.75) is 43.9 Å². The van der Waals surface area contributed by atoms with Crippen LogP contribution in [-0.2, 0) is 21.1 Å². The number of sulfone groups is 1. The van der Waals surface area contributed by atoms with Gasteiger partial charge < -0.3 is 11.1 Å². The standard InChI is InChI=1S/C15H22N2O3S/c1-15(2,21(3,19)20)14(18)17-13-6-4-5-10-9-11(16)7-8-12(10)13/h7-9,13H,4-6,16H2,1-3H3,(H,17,18). The van der Waals surface area contributed by atoms with E-state index in [1.807, 2.05) is 18.2 Å². The van der Waals surface area contributed by atoms with Gasteiger partial charge in [0.1, 0.15) is 4.75 Å². The van der Waals surface area contributed by atoms with Gasteiger partial charge in [0.25, 0.3) is 0 Å². The lowest BCUT2D eigenvalue weighted by atomic mass is 9.87. The molecular weight excluding hydrogens is 288 g/mol. The number of amides is 1. The lowest BCUT2D eigenvalue weighted by Crippen LogP contribution is -2.49. The first-order valence-corrected chi connectivity index (χ1v) is 8.91. The van der Waals surface area contributed by atoms with E-state index >= 15 is 0 Å². The number of fused-ring (bicyclic) bond motifs is 1. The van der Waals surface area contributed by atoms with Gasteiger partial charge in [0.2, 0.25) is 5.91 Å². The van der Waals surface area contributed by atoms with Crippen LogP contribution >= 0.6 is 0 Å². The molecule has 0 fully saturated rings. The monoisotopic (exact) mass is 310 g/mol. The second kappa shape index (κ2) is 5.33. The number of benzene rings is 1. The predicted molar refractivity (Wildman–Crippen MR) is 83.6 cm³/mol. The van der Waals surface area contributed by atoms with Crippen LogP contribution in [0.5, 0.6) is 0 Å². The van der Waals surface area contributed by atoms with E-state index in [0.29, 0.717) is 5.69 Å². The fourth-order valence-corrected chi connectivity index (χ4v) is 2.88. The van der Waals surface area contributed by atoms with Crippen LogP contribution in [0.4, 0.5) is 5.69 Å². The first-order chi connectivity index (χ1) is 9.63. The fraction of sp³-hybridized carbons (Fsp3) is 0.533. The van der Waals surface area contributed by atoms with Gasteiger partial charge in [-0.25, -0.2) is 8.42 Å². The van der Waals surface area contributed by atoms with Crippen molar-refractivity contribution in [3.05, 3.63) is 29.3 Å². The van der Waals surface area contributed by atoms with E-state index in [-0.39, 0.29) is 6.04 Å². The Morgan fingerprint density at radius 3 is 2.67 bits per heavy atom. The summed E-state index contributed by atoms with van der Waals surface area (Å²) in [5.41, 5.74) is 8.66. The molecule has 2 rings (SSSR count). The molecule has 21 heavy (non-hydrogen) atoms. The summed E-state index contributed by atoms with van der Waals surface area (Å²) in [7, 11) is -3.47. The molecule has 0 aliphatic heterocycles. The Balaban J connectivity index is 2.25. The third kappa shape index (κ3) is 3.05. The van der Waals surface area contributed by atoms with E-state index in [1.165, 1.54) is 13.8 Å². The summed E-state index contributed by atoms with van der Waals surface area (Å²) in [5, 5.41) is 2.88. The average molecular weight is 310 g/mol. The van der Waals surface area contributed by atoms with Crippen LogP contribution in [0.25, 0.3) is 0 Å². The molecule has 1 amide bonds. The molecule has 1 unspecified atom stereocenters. The highest BCUT2D eigenvalue weighted by Gasteiger charge is 2.39. The molecule has 6 heteroatoms. The molecule has 0 bridgehead atoms. The molecule has 1 aromatic rings. The molecule has 1 aliphatic rings. The van der Waals surface area contributed by atoms with Gasteiger partial charge in [-0.15, -0.1) is 0 Å². The van der Waals surface area contributed by atoms with Crippen molar-refractivity contribution >= 4 is 21.4 Å². The van der Waals surface area contributed by atoms with Crippen LogP contribution in [0.15, 0.2) is 18.2 Å². The molecule has 0 saturated heterocycles. The fourth-order valence-electron chi connectivity index (χ4n) is 2.48. The maximum atomic E-state index is 12.3. The Bertz CT molecular complexity index is 665. The van der Waals surface area contributed by atoms with Crippen molar-refractivity contribution in [1.29, 1.82) is 0 Å². The number of hydrogen-bond donors (Lipinski definition) is 2. The molecule has 0 saturated carbocycles.